The van der Waals surface area contributed by atoms with E-state index in [1.165, 1.54) is 22.3 Å². The van der Waals surface area contributed by atoms with Crippen molar-refractivity contribution in [2.75, 3.05) is 6.54 Å². The first kappa shape index (κ1) is 18.6. The lowest BCUT2D eigenvalue weighted by Gasteiger charge is -2.25. The zero-order chi connectivity index (χ0) is 17.7. The van der Waals surface area contributed by atoms with Gasteiger partial charge in [0.05, 0.1) is 4.88 Å². The lowest BCUT2D eigenvalue weighted by atomic mass is 10.1. The maximum atomic E-state index is 13.9. The third-order valence-corrected chi connectivity index (χ3v) is 4.89. The van der Waals surface area contributed by atoms with Crippen LogP contribution in [0.5, 0.6) is 0 Å². The van der Waals surface area contributed by atoms with E-state index in [2.05, 4.69) is 21.2 Å². The molecule has 1 N–H and O–H groups in total. The van der Waals surface area contributed by atoms with Gasteiger partial charge in [-0.2, -0.15) is 0 Å². The van der Waals surface area contributed by atoms with Gasteiger partial charge in [0.1, 0.15) is 11.9 Å². The fourth-order valence-corrected chi connectivity index (χ4v) is 3.26. The van der Waals surface area contributed by atoms with E-state index in [1.54, 1.807) is 36.6 Å². The van der Waals surface area contributed by atoms with E-state index >= 15 is 0 Å². The quantitative estimate of drug-likeness (QED) is 0.783. The molecular weight excluding hydrogens is 395 g/mol. The molecule has 0 radical (unpaired) electrons. The molecule has 0 spiro atoms. The predicted octanol–water partition coefficient (Wildman–Crippen LogP) is 3.82. The number of nitrogens with zero attached hydrogens (tertiary/aromatic N) is 1. The van der Waals surface area contributed by atoms with Crippen molar-refractivity contribution in [3.8, 4) is 0 Å². The molecule has 24 heavy (non-hydrogen) atoms. The highest BCUT2D eigenvalue weighted by Crippen LogP contribution is 2.18. The summed E-state index contributed by atoms with van der Waals surface area (Å²) in [6, 6.07) is 7.42. The standard InChI is InChI=1S/C17H18BrFN2O2S/c1-3-21(10-12-9-13(18)6-7-14(12)19)17(23)11(2)20-16(22)15-5-4-8-24-15/h4-9,11H,3,10H2,1-2H3,(H,20,22). The van der Waals surface area contributed by atoms with Crippen LogP contribution in [0.2, 0.25) is 0 Å². The summed E-state index contributed by atoms with van der Waals surface area (Å²) in [4.78, 5) is 26.7. The van der Waals surface area contributed by atoms with Crippen molar-refractivity contribution < 1.29 is 14.0 Å². The summed E-state index contributed by atoms with van der Waals surface area (Å²) in [6.45, 7) is 4.03. The van der Waals surface area contributed by atoms with Gasteiger partial charge in [0, 0.05) is 23.1 Å². The maximum Gasteiger partial charge on any atom is 0.261 e. The average Bonchev–Trinajstić information content (AvgIpc) is 3.09. The molecule has 0 aliphatic heterocycles. The number of carbonyl (C=O) groups is 2. The minimum absolute atomic E-state index is 0.153. The average molecular weight is 413 g/mol. The fourth-order valence-electron chi connectivity index (χ4n) is 2.23. The predicted molar refractivity (Wildman–Crippen MR) is 96.4 cm³/mol. The normalized spacial score (nSPS) is 11.8. The van der Waals surface area contributed by atoms with Gasteiger partial charge in [0.15, 0.2) is 0 Å². The summed E-state index contributed by atoms with van der Waals surface area (Å²) in [7, 11) is 0. The van der Waals surface area contributed by atoms with E-state index in [0.717, 1.165) is 4.47 Å². The Balaban J connectivity index is 2.04. The molecule has 1 aromatic carbocycles. The number of hydrogen-bond donors (Lipinski definition) is 1. The molecule has 1 unspecified atom stereocenters. The van der Waals surface area contributed by atoms with E-state index in [9.17, 15) is 14.0 Å². The Bertz CT molecular complexity index is 721. The van der Waals surface area contributed by atoms with Crippen LogP contribution in [-0.2, 0) is 11.3 Å². The number of carbonyl (C=O) groups excluding carboxylic acids is 2. The molecule has 0 aliphatic carbocycles. The van der Waals surface area contributed by atoms with Crippen molar-refractivity contribution in [2.24, 2.45) is 0 Å². The van der Waals surface area contributed by atoms with Crippen LogP contribution in [0.3, 0.4) is 0 Å². The van der Waals surface area contributed by atoms with Crippen molar-refractivity contribution in [1.29, 1.82) is 0 Å². The second-order valence-corrected chi connectivity index (χ2v) is 7.12. The summed E-state index contributed by atoms with van der Waals surface area (Å²) >= 11 is 4.62. The summed E-state index contributed by atoms with van der Waals surface area (Å²) in [5.74, 6) is -0.892. The van der Waals surface area contributed by atoms with Crippen LogP contribution in [0, 0.1) is 5.82 Å². The zero-order valence-electron chi connectivity index (χ0n) is 13.4. The Morgan fingerprint density at radius 1 is 1.38 bits per heavy atom. The van der Waals surface area contributed by atoms with Gasteiger partial charge in [-0.15, -0.1) is 11.3 Å². The lowest BCUT2D eigenvalue weighted by molar-refractivity contribution is -0.133. The van der Waals surface area contributed by atoms with Crippen molar-refractivity contribution in [3.05, 3.63) is 56.4 Å². The van der Waals surface area contributed by atoms with E-state index in [4.69, 9.17) is 0 Å². The highest BCUT2D eigenvalue weighted by Gasteiger charge is 2.22. The third-order valence-electron chi connectivity index (χ3n) is 3.53. The van der Waals surface area contributed by atoms with Gasteiger partial charge in [-0.05, 0) is 43.5 Å². The Kier molecular flexibility index (Phi) is 6.51. The van der Waals surface area contributed by atoms with Crippen LogP contribution >= 0.6 is 27.3 Å². The number of amides is 2. The smallest absolute Gasteiger partial charge is 0.261 e. The van der Waals surface area contributed by atoms with Crippen LogP contribution in [0.1, 0.15) is 29.1 Å². The molecule has 0 saturated carbocycles. The summed E-state index contributed by atoms with van der Waals surface area (Å²) in [5, 5.41) is 4.49. The molecule has 1 atom stereocenters. The Hall–Kier alpha value is -1.73. The van der Waals surface area contributed by atoms with Gasteiger partial charge in [0.2, 0.25) is 5.91 Å². The first-order valence-corrected chi connectivity index (χ1v) is 9.16. The van der Waals surface area contributed by atoms with Gasteiger partial charge in [0.25, 0.3) is 5.91 Å². The molecule has 0 bridgehead atoms. The highest BCUT2D eigenvalue weighted by molar-refractivity contribution is 9.10. The number of nitrogens with one attached hydrogen (secondary N) is 1. The first-order chi connectivity index (χ1) is 11.4. The van der Waals surface area contributed by atoms with Gasteiger partial charge in [-0.25, -0.2) is 4.39 Å². The summed E-state index contributed by atoms with van der Waals surface area (Å²) < 4.78 is 14.7. The molecule has 2 rings (SSSR count). The number of halogens is 2. The minimum Gasteiger partial charge on any atom is -0.340 e. The van der Waals surface area contributed by atoms with E-state index in [0.29, 0.717) is 17.0 Å². The Morgan fingerprint density at radius 3 is 2.75 bits per heavy atom. The molecular formula is C17H18BrFN2O2S. The fraction of sp³-hybridized carbons (Fsp3) is 0.294. The van der Waals surface area contributed by atoms with E-state index < -0.39 is 6.04 Å². The molecule has 128 valence electrons. The van der Waals surface area contributed by atoms with Gasteiger partial charge >= 0.3 is 0 Å². The maximum absolute atomic E-state index is 13.9. The van der Waals surface area contributed by atoms with E-state index in [1.807, 2.05) is 6.92 Å². The molecule has 0 fully saturated rings. The van der Waals surface area contributed by atoms with Crippen LogP contribution in [0.15, 0.2) is 40.2 Å². The zero-order valence-corrected chi connectivity index (χ0v) is 15.8. The van der Waals surface area contributed by atoms with Crippen molar-refractivity contribution in [3.63, 3.8) is 0 Å². The highest BCUT2D eigenvalue weighted by atomic mass is 79.9. The number of hydrogen-bond acceptors (Lipinski definition) is 3. The Labute approximate surface area is 152 Å². The third kappa shape index (κ3) is 4.64. The number of thiophene rings is 1. The van der Waals surface area contributed by atoms with E-state index in [-0.39, 0.29) is 24.2 Å². The Morgan fingerprint density at radius 2 is 2.12 bits per heavy atom. The minimum atomic E-state index is -0.685. The van der Waals surface area contributed by atoms with Crippen molar-refractivity contribution in [1.82, 2.24) is 10.2 Å². The molecule has 2 aromatic rings. The number of benzene rings is 1. The molecule has 0 aliphatic rings. The second-order valence-electron chi connectivity index (χ2n) is 5.26. The van der Waals surface area contributed by atoms with Gasteiger partial charge in [-0.1, -0.05) is 22.0 Å². The monoisotopic (exact) mass is 412 g/mol. The lowest BCUT2D eigenvalue weighted by Crippen LogP contribution is -2.46. The molecule has 0 saturated heterocycles. The van der Waals surface area contributed by atoms with Crippen LogP contribution < -0.4 is 5.32 Å². The SMILES string of the molecule is CCN(Cc1cc(Br)ccc1F)C(=O)C(C)NC(=O)c1cccs1. The molecule has 7 heteroatoms. The van der Waals surface area contributed by atoms with Crippen molar-refractivity contribution >= 4 is 39.1 Å². The van der Waals surface area contributed by atoms with Crippen molar-refractivity contribution in [2.45, 2.75) is 26.4 Å². The molecule has 1 heterocycles. The van der Waals surface area contributed by atoms with Gasteiger partial charge < -0.3 is 10.2 Å². The summed E-state index contributed by atoms with van der Waals surface area (Å²) in [5.41, 5.74) is 0.427. The van der Waals surface area contributed by atoms with Crippen LogP contribution in [0.25, 0.3) is 0 Å². The van der Waals surface area contributed by atoms with Gasteiger partial charge in [-0.3, -0.25) is 9.59 Å². The molecule has 4 nitrogen and oxygen atoms in total. The van der Waals surface area contributed by atoms with Crippen LogP contribution in [0.4, 0.5) is 4.39 Å². The first-order valence-electron chi connectivity index (χ1n) is 7.49. The number of rotatable bonds is 6. The molecule has 2 amide bonds. The topological polar surface area (TPSA) is 49.4 Å². The number of likely N-dealkylation sites (N-methyl/N-ethyl adjacent to an activating group) is 1. The largest absolute Gasteiger partial charge is 0.340 e. The second kappa shape index (κ2) is 8.39. The van der Waals surface area contributed by atoms with Crippen LogP contribution in [-0.4, -0.2) is 29.3 Å². The molecule has 1 aromatic heterocycles. The summed E-state index contributed by atoms with van der Waals surface area (Å²) in [6.07, 6.45) is 0.